The van der Waals surface area contributed by atoms with Gasteiger partial charge in [0, 0.05) is 11.6 Å². The molecule has 112 valence electrons. The summed E-state index contributed by atoms with van der Waals surface area (Å²) in [4.78, 5) is 22.1. The maximum atomic E-state index is 11.7. The lowest BCUT2D eigenvalue weighted by atomic mass is 10.0. The molecule has 0 fully saturated rings. The van der Waals surface area contributed by atoms with Crippen molar-refractivity contribution in [2.45, 2.75) is 0 Å². The number of methoxy groups -OCH3 is 1. The molecule has 2 aromatic carbocycles. The topological polar surface area (TPSA) is 63.6 Å². The van der Waals surface area contributed by atoms with Crippen molar-refractivity contribution in [3.8, 4) is 16.9 Å². The van der Waals surface area contributed by atoms with E-state index in [1.54, 1.807) is 43.5 Å². The minimum Gasteiger partial charge on any atom is -0.495 e. The number of ketones is 1. The summed E-state index contributed by atoms with van der Waals surface area (Å²) in [5, 5.41) is 9.01. The predicted octanol–water partition coefficient (Wildman–Crippen LogP) is 3.84. The number of carboxylic acid groups (broad SMARTS) is 1. The van der Waals surface area contributed by atoms with Gasteiger partial charge in [0.25, 0.3) is 0 Å². The highest BCUT2D eigenvalue weighted by Crippen LogP contribution is 2.30. The fourth-order valence-electron chi connectivity index (χ4n) is 1.92. The number of ether oxygens (including phenoxy) is 1. The van der Waals surface area contributed by atoms with Crippen LogP contribution in [-0.2, 0) is 4.79 Å². The summed E-state index contributed by atoms with van der Waals surface area (Å²) < 4.78 is 5.10. The number of aliphatic carboxylic acids is 1. The van der Waals surface area contributed by atoms with Crippen LogP contribution in [0, 0.1) is 0 Å². The van der Waals surface area contributed by atoms with Crippen molar-refractivity contribution in [3.05, 3.63) is 65.2 Å². The number of rotatable bonds is 5. The van der Waals surface area contributed by atoms with E-state index in [9.17, 15) is 9.59 Å². The van der Waals surface area contributed by atoms with Crippen LogP contribution in [0.5, 0.6) is 5.75 Å². The molecule has 0 aliphatic carbocycles. The van der Waals surface area contributed by atoms with Crippen LogP contribution in [0.4, 0.5) is 0 Å². The fraction of sp³-hybridized carbons (Fsp3) is 0.0588. The maximum absolute atomic E-state index is 11.7. The van der Waals surface area contributed by atoms with Crippen LogP contribution < -0.4 is 4.74 Å². The Balaban J connectivity index is 2.23. The van der Waals surface area contributed by atoms with E-state index in [-0.39, 0.29) is 5.78 Å². The smallest absolute Gasteiger partial charge is 0.328 e. The molecule has 0 aliphatic heterocycles. The normalized spacial score (nSPS) is 10.6. The van der Waals surface area contributed by atoms with Crippen LogP contribution >= 0.6 is 11.6 Å². The van der Waals surface area contributed by atoms with Gasteiger partial charge in [0.2, 0.25) is 0 Å². The van der Waals surface area contributed by atoms with Gasteiger partial charge in [-0.05, 0) is 29.3 Å². The van der Waals surface area contributed by atoms with Crippen LogP contribution in [0.25, 0.3) is 11.1 Å². The van der Waals surface area contributed by atoms with Gasteiger partial charge in [0.1, 0.15) is 5.75 Å². The molecule has 0 spiro atoms. The van der Waals surface area contributed by atoms with Gasteiger partial charge in [-0.25, -0.2) is 4.79 Å². The van der Waals surface area contributed by atoms with E-state index in [1.165, 1.54) is 0 Å². The lowest BCUT2D eigenvalue weighted by Gasteiger charge is -2.07. The second kappa shape index (κ2) is 6.91. The Morgan fingerprint density at radius 2 is 1.68 bits per heavy atom. The molecule has 2 rings (SSSR count). The third kappa shape index (κ3) is 3.74. The molecule has 0 atom stereocenters. The molecule has 5 heteroatoms. The molecule has 0 unspecified atom stereocenters. The standard InChI is InChI=1S/C17H13ClO4/c1-22-16-8-6-13(10-14(16)18)11-2-4-12(5-3-11)15(19)7-9-17(20)21/h2-10H,1H3,(H,20,21). The van der Waals surface area contributed by atoms with E-state index >= 15 is 0 Å². The zero-order valence-corrected chi connectivity index (χ0v) is 12.5. The van der Waals surface area contributed by atoms with Crippen molar-refractivity contribution in [2.24, 2.45) is 0 Å². The molecule has 1 N–H and O–H groups in total. The molecule has 2 aromatic rings. The molecule has 0 saturated carbocycles. The fourth-order valence-corrected chi connectivity index (χ4v) is 2.17. The number of allylic oxidation sites excluding steroid dienone is 1. The molecule has 0 aliphatic rings. The highest BCUT2D eigenvalue weighted by atomic mass is 35.5. The second-order valence-electron chi connectivity index (χ2n) is 4.46. The van der Waals surface area contributed by atoms with E-state index in [4.69, 9.17) is 21.4 Å². The summed E-state index contributed by atoms with van der Waals surface area (Å²) in [6, 6.07) is 12.3. The minimum absolute atomic E-state index is 0.360. The number of hydrogen-bond acceptors (Lipinski definition) is 3. The summed E-state index contributed by atoms with van der Waals surface area (Å²) >= 11 is 6.09. The summed E-state index contributed by atoms with van der Waals surface area (Å²) in [7, 11) is 1.55. The molecular weight excluding hydrogens is 304 g/mol. The van der Waals surface area contributed by atoms with Crippen LogP contribution in [-0.4, -0.2) is 24.0 Å². The van der Waals surface area contributed by atoms with Crippen molar-refractivity contribution in [2.75, 3.05) is 7.11 Å². The number of carbonyl (C=O) groups excluding carboxylic acids is 1. The van der Waals surface area contributed by atoms with Crippen LogP contribution in [0.2, 0.25) is 5.02 Å². The van der Waals surface area contributed by atoms with E-state index in [1.807, 2.05) is 6.07 Å². The van der Waals surface area contributed by atoms with E-state index in [0.29, 0.717) is 16.3 Å². The number of hydrogen-bond donors (Lipinski definition) is 1. The molecule has 0 heterocycles. The molecular formula is C17H13ClO4. The van der Waals surface area contributed by atoms with E-state index in [2.05, 4.69) is 0 Å². The first kappa shape index (κ1) is 15.8. The average molecular weight is 317 g/mol. The molecule has 0 amide bonds. The third-order valence-corrected chi connectivity index (χ3v) is 3.33. The third-order valence-electron chi connectivity index (χ3n) is 3.03. The highest BCUT2D eigenvalue weighted by molar-refractivity contribution is 6.32. The summed E-state index contributed by atoms with van der Waals surface area (Å²) in [5.74, 6) is -0.921. The highest BCUT2D eigenvalue weighted by Gasteiger charge is 2.06. The van der Waals surface area contributed by atoms with Gasteiger partial charge in [0.15, 0.2) is 5.78 Å². The van der Waals surface area contributed by atoms with Gasteiger partial charge < -0.3 is 9.84 Å². The molecule has 0 radical (unpaired) electrons. The van der Waals surface area contributed by atoms with Crippen molar-refractivity contribution in [3.63, 3.8) is 0 Å². The Labute approximate surface area is 132 Å². The van der Waals surface area contributed by atoms with Crippen LogP contribution in [0.1, 0.15) is 10.4 Å². The van der Waals surface area contributed by atoms with Gasteiger partial charge in [-0.1, -0.05) is 41.9 Å². The first-order valence-corrected chi connectivity index (χ1v) is 6.78. The van der Waals surface area contributed by atoms with Gasteiger partial charge >= 0.3 is 5.97 Å². The Morgan fingerprint density at radius 1 is 1.05 bits per heavy atom. The molecule has 22 heavy (non-hydrogen) atoms. The van der Waals surface area contributed by atoms with Crippen molar-refractivity contribution >= 4 is 23.4 Å². The zero-order valence-electron chi connectivity index (χ0n) is 11.7. The maximum Gasteiger partial charge on any atom is 0.328 e. The van der Waals surface area contributed by atoms with Crippen molar-refractivity contribution in [1.29, 1.82) is 0 Å². The van der Waals surface area contributed by atoms with Crippen molar-refractivity contribution in [1.82, 2.24) is 0 Å². The first-order valence-electron chi connectivity index (χ1n) is 6.40. The first-order chi connectivity index (χ1) is 10.5. The second-order valence-corrected chi connectivity index (χ2v) is 4.87. The predicted molar refractivity (Wildman–Crippen MR) is 84.5 cm³/mol. The summed E-state index contributed by atoms with van der Waals surface area (Å²) in [6.45, 7) is 0. The Kier molecular flexibility index (Phi) is 4.96. The molecule has 0 bridgehead atoms. The van der Waals surface area contributed by atoms with E-state index < -0.39 is 5.97 Å². The van der Waals surface area contributed by atoms with Crippen molar-refractivity contribution < 1.29 is 19.4 Å². The summed E-state index contributed by atoms with van der Waals surface area (Å²) in [6.07, 6.45) is 1.85. The zero-order chi connectivity index (χ0) is 16.1. The average Bonchev–Trinajstić information content (AvgIpc) is 2.52. The minimum atomic E-state index is -1.15. The monoisotopic (exact) mass is 316 g/mol. The Morgan fingerprint density at radius 3 is 2.23 bits per heavy atom. The Hall–Kier alpha value is -2.59. The number of halogens is 1. The van der Waals surface area contributed by atoms with Gasteiger partial charge in [-0.3, -0.25) is 4.79 Å². The molecule has 0 aromatic heterocycles. The Bertz CT molecular complexity index is 733. The molecule has 0 saturated heterocycles. The lowest BCUT2D eigenvalue weighted by Crippen LogP contribution is -1.96. The quantitative estimate of drug-likeness (QED) is 0.672. The number of carbonyl (C=O) groups is 2. The number of benzene rings is 2. The largest absolute Gasteiger partial charge is 0.495 e. The van der Waals surface area contributed by atoms with Crippen LogP contribution in [0.15, 0.2) is 54.6 Å². The van der Waals surface area contributed by atoms with Gasteiger partial charge in [0.05, 0.1) is 12.1 Å². The van der Waals surface area contributed by atoms with Crippen LogP contribution in [0.3, 0.4) is 0 Å². The lowest BCUT2D eigenvalue weighted by molar-refractivity contribution is -0.131. The van der Waals surface area contributed by atoms with Gasteiger partial charge in [-0.15, -0.1) is 0 Å². The van der Waals surface area contributed by atoms with E-state index in [0.717, 1.165) is 23.3 Å². The van der Waals surface area contributed by atoms with Gasteiger partial charge in [-0.2, -0.15) is 0 Å². The summed E-state index contributed by atoms with van der Waals surface area (Å²) in [5.41, 5.74) is 2.20. The number of carboxylic acids is 1. The molecule has 4 nitrogen and oxygen atoms in total. The SMILES string of the molecule is COc1ccc(-c2ccc(C(=O)C=CC(=O)O)cc2)cc1Cl.